The second-order valence-electron chi connectivity index (χ2n) is 7.65. The van der Waals surface area contributed by atoms with Crippen molar-refractivity contribution in [2.75, 3.05) is 19.8 Å². The van der Waals surface area contributed by atoms with Crippen molar-refractivity contribution >= 4 is 11.8 Å². The zero-order valence-electron chi connectivity index (χ0n) is 18.5. The van der Waals surface area contributed by atoms with Gasteiger partial charge in [-0.3, -0.25) is 9.59 Å². The van der Waals surface area contributed by atoms with Gasteiger partial charge in [-0.2, -0.15) is 0 Å². The Hall–Kier alpha value is -1.16. The number of rotatable bonds is 21. The third-order valence-corrected chi connectivity index (χ3v) is 4.68. The summed E-state index contributed by atoms with van der Waals surface area (Å²) in [6.07, 6.45) is 22.8. The van der Waals surface area contributed by atoms with Crippen LogP contribution in [-0.4, -0.2) is 31.6 Å². The molecule has 0 atom stereocenters. The highest BCUT2D eigenvalue weighted by Gasteiger charge is 2.05. The first-order valence-electron chi connectivity index (χ1n) is 11.5. The number of carbonyl (C=O) groups excluding carboxylic acids is 2. The van der Waals surface area contributed by atoms with Crippen LogP contribution in [0.2, 0.25) is 0 Å². The van der Waals surface area contributed by atoms with E-state index in [4.69, 9.17) is 9.47 Å². The third-order valence-electron chi connectivity index (χ3n) is 4.68. The molecule has 0 aromatic rings. The molecule has 0 bridgehead atoms. The van der Waals surface area contributed by atoms with Gasteiger partial charge in [-0.15, -0.1) is 0 Å². The molecule has 0 saturated carbocycles. The first-order valence-corrected chi connectivity index (χ1v) is 11.5. The average Bonchev–Trinajstić information content (AvgIpc) is 2.66. The average molecular weight is 397 g/mol. The largest absolute Gasteiger partial charge is 0.463 e. The van der Waals surface area contributed by atoms with Gasteiger partial charge in [0, 0.05) is 6.61 Å². The minimum Gasteiger partial charge on any atom is -0.463 e. The van der Waals surface area contributed by atoms with E-state index in [2.05, 4.69) is 19.1 Å². The molecule has 164 valence electrons. The van der Waals surface area contributed by atoms with Crippen LogP contribution in [0.15, 0.2) is 12.2 Å². The van der Waals surface area contributed by atoms with Crippen molar-refractivity contribution in [3.8, 4) is 0 Å². The first-order chi connectivity index (χ1) is 13.7. The van der Waals surface area contributed by atoms with Gasteiger partial charge < -0.3 is 9.47 Å². The van der Waals surface area contributed by atoms with E-state index in [0.717, 1.165) is 6.42 Å². The number of ketones is 1. The van der Waals surface area contributed by atoms with Gasteiger partial charge in [-0.1, -0.05) is 76.9 Å². The topological polar surface area (TPSA) is 52.6 Å². The molecule has 0 saturated heterocycles. The summed E-state index contributed by atoms with van der Waals surface area (Å²) in [6, 6.07) is 0. The second-order valence-corrected chi connectivity index (χ2v) is 7.65. The number of esters is 1. The fourth-order valence-electron chi connectivity index (χ4n) is 3.02. The molecule has 4 heteroatoms. The van der Waals surface area contributed by atoms with Crippen molar-refractivity contribution in [1.82, 2.24) is 0 Å². The number of unbranched alkanes of at least 4 members (excludes halogenated alkanes) is 12. The SMILES string of the molecule is CCCCCCCC/C=C\CCCCCCCCOCCOC(=O)CC(C)=O. The van der Waals surface area contributed by atoms with Gasteiger partial charge in [0.2, 0.25) is 0 Å². The molecule has 28 heavy (non-hydrogen) atoms. The predicted molar refractivity (Wildman–Crippen MR) is 117 cm³/mol. The summed E-state index contributed by atoms with van der Waals surface area (Å²) >= 11 is 0. The molecule has 0 spiro atoms. The Morgan fingerprint density at radius 3 is 1.79 bits per heavy atom. The van der Waals surface area contributed by atoms with Crippen LogP contribution in [0.4, 0.5) is 0 Å². The lowest BCUT2D eigenvalue weighted by molar-refractivity contribution is -0.147. The lowest BCUT2D eigenvalue weighted by Crippen LogP contribution is -2.13. The van der Waals surface area contributed by atoms with Crippen molar-refractivity contribution in [2.24, 2.45) is 0 Å². The maximum absolute atomic E-state index is 11.1. The van der Waals surface area contributed by atoms with E-state index in [1.807, 2.05) is 0 Å². The zero-order valence-corrected chi connectivity index (χ0v) is 18.5. The standard InChI is InChI=1S/C24H44O4/c1-3-4-5-6-7-8-9-10-11-12-13-14-15-16-17-18-19-27-20-21-28-24(26)22-23(2)25/h10-11H,3-9,12-22H2,1-2H3/b11-10-. The van der Waals surface area contributed by atoms with Gasteiger partial charge in [-0.25, -0.2) is 0 Å². The van der Waals surface area contributed by atoms with Gasteiger partial charge in [0.15, 0.2) is 0 Å². The van der Waals surface area contributed by atoms with Gasteiger partial charge in [-0.05, 0) is 39.0 Å². The number of ether oxygens (including phenoxy) is 2. The molecule has 0 radical (unpaired) electrons. The summed E-state index contributed by atoms with van der Waals surface area (Å²) in [5.74, 6) is -0.636. The number of hydrogen-bond donors (Lipinski definition) is 0. The maximum atomic E-state index is 11.1. The van der Waals surface area contributed by atoms with Gasteiger partial charge in [0.05, 0.1) is 6.61 Å². The molecule has 0 heterocycles. The summed E-state index contributed by atoms with van der Waals surface area (Å²) < 4.78 is 10.3. The molecule has 4 nitrogen and oxygen atoms in total. The van der Waals surface area contributed by atoms with Gasteiger partial charge in [0.25, 0.3) is 0 Å². The summed E-state index contributed by atoms with van der Waals surface area (Å²) in [6.45, 7) is 5.01. The van der Waals surface area contributed by atoms with Crippen molar-refractivity contribution < 1.29 is 19.1 Å². The molecule has 0 aliphatic carbocycles. The molecule has 0 aliphatic rings. The normalized spacial score (nSPS) is 11.2. The minimum atomic E-state index is -0.464. The van der Waals surface area contributed by atoms with Gasteiger partial charge in [0.1, 0.15) is 18.8 Å². The van der Waals surface area contributed by atoms with Gasteiger partial charge >= 0.3 is 5.97 Å². The molecule has 0 N–H and O–H groups in total. The molecule has 0 rings (SSSR count). The minimum absolute atomic E-state index is 0.144. The monoisotopic (exact) mass is 396 g/mol. The van der Waals surface area contributed by atoms with Crippen LogP contribution in [0.1, 0.15) is 110 Å². The Labute approximate surface area is 173 Å². The van der Waals surface area contributed by atoms with E-state index < -0.39 is 5.97 Å². The molecular weight excluding hydrogens is 352 g/mol. The molecule has 0 fully saturated rings. The van der Waals surface area contributed by atoms with Crippen LogP contribution in [0.25, 0.3) is 0 Å². The highest BCUT2D eigenvalue weighted by Crippen LogP contribution is 2.10. The smallest absolute Gasteiger partial charge is 0.313 e. The summed E-state index contributed by atoms with van der Waals surface area (Å²) in [5.41, 5.74) is 0. The van der Waals surface area contributed by atoms with Crippen LogP contribution in [0.5, 0.6) is 0 Å². The van der Waals surface area contributed by atoms with Crippen LogP contribution < -0.4 is 0 Å². The Kier molecular flexibility index (Phi) is 21.2. The number of hydrogen-bond acceptors (Lipinski definition) is 4. The highest BCUT2D eigenvalue weighted by atomic mass is 16.6. The zero-order chi connectivity index (χ0) is 20.7. The van der Waals surface area contributed by atoms with E-state index in [1.54, 1.807) is 0 Å². The Bertz CT molecular complexity index is 390. The maximum Gasteiger partial charge on any atom is 0.313 e. The fourth-order valence-corrected chi connectivity index (χ4v) is 3.02. The van der Waals surface area contributed by atoms with E-state index in [-0.39, 0.29) is 18.8 Å². The molecule has 0 unspecified atom stereocenters. The Balaban J connectivity index is 3.14. The van der Waals surface area contributed by atoms with Crippen molar-refractivity contribution in [1.29, 1.82) is 0 Å². The summed E-state index contributed by atoms with van der Waals surface area (Å²) in [5, 5.41) is 0. The Morgan fingerprint density at radius 1 is 0.679 bits per heavy atom. The van der Waals surface area contributed by atoms with E-state index in [0.29, 0.717) is 13.2 Å². The quantitative estimate of drug-likeness (QED) is 0.0953. The van der Waals surface area contributed by atoms with Crippen molar-refractivity contribution in [2.45, 2.75) is 110 Å². The first kappa shape index (κ1) is 26.8. The van der Waals surface area contributed by atoms with E-state index in [1.165, 1.54) is 90.4 Å². The number of Topliss-reactive ketones (excluding diaryl/α,β-unsaturated/α-hetero) is 1. The fraction of sp³-hybridized carbons (Fsp3) is 0.833. The lowest BCUT2D eigenvalue weighted by Gasteiger charge is -2.05. The van der Waals surface area contributed by atoms with Crippen LogP contribution in [-0.2, 0) is 19.1 Å². The number of allylic oxidation sites excluding steroid dienone is 2. The van der Waals surface area contributed by atoms with Crippen molar-refractivity contribution in [3.05, 3.63) is 12.2 Å². The summed E-state index contributed by atoms with van der Waals surface area (Å²) in [7, 11) is 0. The summed E-state index contributed by atoms with van der Waals surface area (Å²) in [4.78, 5) is 21.9. The molecule has 0 aromatic carbocycles. The molecule has 0 aromatic heterocycles. The third kappa shape index (κ3) is 22.9. The van der Waals surface area contributed by atoms with E-state index in [9.17, 15) is 9.59 Å². The Morgan fingerprint density at radius 2 is 1.21 bits per heavy atom. The molecule has 0 aliphatic heterocycles. The molecule has 0 amide bonds. The predicted octanol–water partition coefficient (Wildman–Crippen LogP) is 6.56. The van der Waals surface area contributed by atoms with E-state index >= 15 is 0 Å². The number of carbonyl (C=O) groups is 2. The van der Waals surface area contributed by atoms with Crippen LogP contribution in [0, 0.1) is 0 Å². The van der Waals surface area contributed by atoms with Crippen LogP contribution >= 0.6 is 0 Å². The lowest BCUT2D eigenvalue weighted by atomic mass is 10.1. The second kappa shape index (κ2) is 22.1. The highest BCUT2D eigenvalue weighted by molar-refractivity contribution is 5.94. The van der Waals surface area contributed by atoms with Crippen LogP contribution in [0.3, 0.4) is 0 Å². The molecular formula is C24H44O4. The van der Waals surface area contributed by atoms with Crippen molar-refractivity contribution in [3.63, 3.8) is 0 Å².